The largest absolute Gasteiger partial charge is 0.507 e. The number of furan rings is 1. The summed E-state index contributed by atoms with van der Waals surface area (Å²) in [7, 11) is 1.52. The first-order valence-corrected chi connectivity index (χ1v) is 10.2. The van der Waals surface area contributed by atoms with E-state index in [2.05, 4.69) is 0 Å². The highest BCUT2D eigenvalue weighted by molar-refractivity contribution is 6.46. The summed E-state index contributed by atoms with van der Waals surface area (Å²) in [6.45, 7) is 2.46. The highest BCUT2D eigenvalue weighted by Crippen LogP contribution is 2.43. The molecule has 1 unspecified atom stereocenters. The third-order valence-electron chi connectivity index (χ3n) is 5.32. The lowest BCUT2D eigenvalue weighted by molar-refractivity contribution is -0.140. The van der Waals surface area contributed by atoms with Crippen LogP contribution in [-0.4, -0.2) is 35.4 Å². The van der Waals surface area contributed by atoms with Crippen LogP contribution in [0.25, 0.3) is 5.76 Å². The lowest BCUT2D eigenvalue weighted by Crippen LogP contribution is -2.29. The van der Waals surface area contributed by atoms with Crippen LogP contribution in [0.2, 0.25) is 0 Å². The van der Waals surface area contributed by atoms with Crippen molar-refractivity contribution in [3.63, 3.8) is 0 Å². The van der Waals surface area contributed by atoms with Crippen LogP contribution in [0.3, 0.4) is 0 Å². The normalized spacial score (nSPS) is 17.6. The van der Waals surface area contributed by atoms with Crippen molar-refractivity contribution in [1.82, 2.24) is 4.90 Å². The number of aliphatic hydroxyl groups is 1. The van der Waals surface area contributed by atoms with Crippen LogP contribution in [0.1, 0.15) is 29.9 Å². The number of benzene rings is 2. The number of likely N-dealkylation sites (tertiary alicyclic amines) is 1. The summed E-state index contributed by atoms with van der Waals surface area (Å²) in [5.74, 6) is -0.0780. The second-order valence-electron chi connectivity index (χ2n) is 7.21. The molecule has 2 aromatic carbocycles. The summed E-state index contributed by atoms with van der Waals surface area (Å²) in [6.07, 6.45) is 1.50. The van der Waals surface area contributed by atoms with Crippen molar-refractivity contribution >= 4 is 17.4 Å². The van der Waals surface area contributed by atoms with Crippen LogP contribution in [0, 0.1) is 0 Å². The summed E-state index contributed by atoms with van der Waals surface area (Å²) in [5.41, 5.74) is 0.993. The Balaban J connectivity index is 1.85. The molecular formula is C25H23NO6. The van der Waals surface area contributed by atoms with E-state index in [1.165, 1.54) is 18.3 Å². The molecule has 7 heteroatoms. The monoisotopic (exact) mass is 433 g/mol. The second kappa shape index (κ2) is 9.01. The van der Waals surface area contributed by atoms with Crippen molar-refractivity contribution in [1.29, 1.82) is 0 Å². The predicted octanol–water partition coefficient (Wildman–Crippen LogP) is 4.31. The van der Waals surface area contributed by atoms with Crippen molar-refractivity contribution in [3.05, 3.63) is 89.4 Å². The molecule has 7 nitrogen and oxygen atoms in total. The molecule has 0 spiro atoms. The Kier molecular flexibility index (Phi) is 5.98. The number of para-hydroxylation sites is 1. The van der Waals surface area contributed by atoms with Crippen molar-refractivity contribution in [2.24, 2.45) is 0 Å². The van der Waals surface area contributed by atoms with Gasteiger partial charge in [-0.25, -0.2) is 0 Å². The van der Waals surface area contributed by atoms with E-state index in [9.17, 15) is 14.7 Å². The fourth-order valence-corrected chi connectivity index (χ4v) is 3.86. The minimum Gasteiger partial charge on any atom is -0.507 e. The third-order valence-corrected chi connectivity index (χ3v) is 5.32. The Morgan fingerprint density at radius 2 is 1.81 bits per heavy atom. The minimum atomic E-state index is -0.845. The Bertz CT molecular complexity index is 1150. The molecule has 164 valence electrons. The van der Waals surface area contributed by atoms with Gasteiger partial charge in [-0.1, -0.05) is 18.2 Å². The van der Waals surface area contributed by atoms with E-state index >= 15 is 0 Å². The van der Waals surface area contributed by atoms with Gasteiger partial charge in [0.25, 0.3) is 11.7 Å². The molecule has 1 fully saturated rings. The molecule has 0 bridgehead atoms. The number of methoxy groups -OCH3 is 1. The fraction of sp³-hybridized carbons (Fsp3) is 0.200. The van der Waals surface area contributed by atoms with Crippen LogP contribution >= 0.6 is 0 Å². The first kappa shape index (κ1) is 21.2. The fourth-order valence-electron chi connectivity index (χ4n) is 3.86. The number of rotatable bonds is 7. The molecule has 32 heavy (non-hydrogen) atoms. The first-order chi connectivity index (χ1) is 15.5. The summed E-state index contributed by atoms with van der Waals surface area (Å²) in [6, 6.07) is 16.4. The number of nitrogens with zero attached hydrogens (tertiary/aromatic N) is 1. The maximum Gasteiger partial charge on any atom is 0.296 e. The number of hydrogen-bond donors (Lipinski definition) is 1. The predicted molar refractivity (Wildman–Crippen MR) is 117 cm³/mol. The number of carbonyl (C=O) groups is 2. The van der Waals surface area contributed by atoms with Crippen LogP contribution in [-0.2, 0) is 16.1 Å². The summed E-state index contributed by atoms with van der Waals surface area (Å²) in [4.78, 5) is 27.5. The molecule has 1 aliphatic rings. The van der Waals surface area contributed by atoms with Gasteiger partial charge in [-0.05, 0) is 49.4 Å². The van der Waals surface area contributed by atoms with Gasteiger partial charge in [-0.3, -0.25) is 9.59 Å². The second-order valence-corrected chi connectivity index (χ2v) is 7.21. The topological polar surface area (TPSA) is 89.2 Å². The first-order valence-electron chi connectivity index (χ1n) is 10.2. The number of carbonyl (C=O) groups excluding carboxylic acids is 2. The molecule has 1 aromatic heterocycles. The van der Waals surface area contributed by atoms with E-state index in [0.29, 0.717) is 35.0 Å². The molecular weight excluding hydrogens is 410 g/mol. The number of amides is 1. The molecule has 0 aliphatic carbocycles. The number of ether oxygens (including phenoxy) is 2. The SMILES string of the molecule is CCOc1ccc(/C(O)=C2\C(=O)C(=O)N(Cc3ccco3)C2c2ccccc2OC)cc1. The molecule has 4 rings (SSSR count). The van der Waals surface area contributed by atoms with Crippen molar-refractivity contribution in [3.8, 4) is 11.5 Å². The van der Waals surface area contributed by atoms with Crippen LogP contribution in [0.15, 0.2) is 76.9 Å². The zero-order valence-corrected chi connectivity index (χ0v) is 17.8. The number of Topliss-reactive ketones (excluding diaryl/α,β-unsaturated/α-hetero) is 1. The Hall–Kier alpha value is -4.00. The molecule has 3 aromatic rings. The average Bonchev–Trinajstić information content (AvgIpc) is 3.42. The number of aliphatic hydroxyl groups excluding tert-OH is 1. The molecule has 0 radical (unpaired) electrons. The Morgan fingerprint density at radius 1 is 1.06 bits per heavy atom. The molecule has 0 saturated carbocycles. The molecule has 1 N–H and O–H groups in total. The van der Waals surface area contributed by atoms with E-state index < -0.39 is 17.7 Å². The standard InChI is InChI=1S/C25H23NO6/c1-3-31-17-12-10-16(11-13-17)23(27)21-22(19-8-4-5-9-20(19)30-2)26(25(29)24(21)28)15-18-7-6-14-32-18/h4-14,22,27H,3,15H2,1-2H3/b23-21+. The maximum atomic E-state index is 13.1. The van der Waals surface area contributed by atoms with Gasteiger partial charge in [0.2, 0.25) is 0 Å². The van der Waals surface area contributed by atoms with Gasteiger partial charge in [-0.15, -0.1) is 0 Å². The van der Waals surface area contributed by atoms with Crippen LogP contribution in [0.4, 0.5) is 0 Å². The summed E-state index contributed by atoms with van der Waals surface area (Å²) in [5, 5.41) is 11.1. The molecule has 1 saturated heterocycles. The van der Waals surface area contributed by atoms with E-state index in [1.807, 2.05) is 6.92 Å². The molecule has 1 amide bonds. The highest BCUT2D eigenvalue weighted by Gasteiger charge is 2.47. The third kappa shape index (κ3) is 3.85. The minimum absolute atomic E-state index is 0.00443. The van der Waals surface area contributed by atoms with Crippen LogP contribution in [0.5, 0.6) is 11.5 Å². The van der Waals surface area contributed by atoms with Gasteiger partial charge in [0, 0.05) is 11.1 Å². The van der Waals surface area contributed by atoms with Crippen molar-refractivity contribution in [2.45, 2.75) is 19.5 Å². The quantitative estimate of drug-likeness (QED) is 0.339. The van der Waals surface area contributed by atoms with Crippen molar-refractivity contribution in [2.75, 3.05) is 13.7 Å². The van der Waals surface area contributed by atoms with Gasteiger partial charge in [0.05, 0.1) is 38.1 Å². The highest BCUT2D eigenvalue weighted by atomic mass is 16.5. The van der Waals surface area contributed by atoms with Crippen LogP contribution < -0.4 is 9.47 Å². The zero-order valence-electron chi connectivity index (χ0n) is 17.8. The van der Waals surface area contributed by atoms with E-state index in [-0.39, 0.29) is 17.9 Å². The van der Waals surface area contributed by atoms with Gasteiger partial charge in [0.1, 0.15) is 23.0 Å². The lowest BCUT2D eigenvalue weighted by atomic mass is 9.94. The average molecular weight is 433 g/mol. The lowest BCUT2D eigenvalue weighted by Gasteiger charge is -2.25. The summed E-state index contributed by atoms with van der Waals surface area (Å²) >= 11 is 0. The number of hydrogen-bond acceptors (Lipinski definition) is 6. The van der Waals surface area contributed by atoms with Gasteiger partial charge < -0.3 is 23.9 Å². The Morgan fingerprint density at radius 3 is 2.47 bits per heavy atom. The van der Waals surface area contributed by atoms with Gasteiger partial charge in [-0.2, -0.15) is 0 Å². The van der Waals surface area contributed by atoms with E-state index in [0.717, 1.165) is 0 Å². The van der Waals surface area contributed by atoms with Crippen molar-refractivity contribution < 1.29 is 28.6 Å². The Labute approximate surface area is 185 Å². The zero-order chi connectivity index (χ0) is 22.7. The van der Waals surface area contributed by atoms with Gasteiger partial charge in [0.15, 0.2) is 0 Å². The van der Waals surface area contributed by atoms with Gasteiger partial charge >= 0.3 is 0 Å². The smallest absolute Gasteiger partial charge is 0.296 e. The molecule has 1 atom stereocenters. The van der Waals surface area contributed by atoms with E-state index in [4.69, 9.17) is 13.9 Å². The number of ketones is 1. The summed E-state index contributed by atoms with van der Waals surface area (Å²) < 4.78 is 16.3. The maximum absolute atomic E-state index is 13.1. The van der Waals surface area contributed by atoms with E-state index in [1.54, 1.807) is 60.7 Å². The molecule has 1 aliphatic heterocycles. The molecule has 2 heterocycles.